The summed E-state index contributed by atoms with van der Waals surface area (Å²) in [7, 11) is 0. The van der Waals surface area contributed by atoms with Gasteiger partial charge in [-0.3, -0.25) is 0 Å². The highest BCUT2D eigenvalue weighted by Gasteiger charge is 2.27. The molecule has 0 fully saturated rings. The van der Waals surface area contributed by atoms with Crippen LogP contribution in [-0.4, -0.2) is 20.4 Å². The second kappa shape index (κ2) is 6.59. The van der Waals surface area contributed by atoms with Gasteiger partial charge < -0.3 is 25.2 Å². The van der Waals surface area contributed by atoms with E-state index in [0.29, 0.717) is 0 Å². The minimum absolute atomic E-state index is 0.459. The summed E-state index contributed by atoms with van der Waals surface area (Å²) in [6.45, 7) is 0. The van der Waals surface area contributed by atoms with Crippen LogP contribution < -0.4 is 4.74 Å². The minimum Gasteiger partial charge on any atom is -0.505 e. The molecule has 0 saturated carbocycles. The van der Waals surface area contributed by atoms with E-state index >= 15 is 0 Å². The first kappa shape index (κ1) is 18.5. The lowest BCUT2D eigenvalue weighted by Crippen LogP contribution is -1.92. The third-order valence-corrected chi connectivity index (χ3v) is 4.78. The topological polar surface area (TPSA) is 90.2 Å². The predicted octanol–water partition coefficient (Wildman–Crippen LogP) is 6.22. The number of halogens is 6. The molecule has 2 aromatic carbocycles. The van der Waals surface area contributed by atoms with Crippen molar-refractivity contribution in [2.45, 2.75) is 0 Å². The van der Waals surface area contributed by atoms with Gasteiger partial charge in [0.1, 0.15) is 30.1 Å². The van der Waals surface area contributed by atoms with Gasteiger partial charge >= 0.3 is 0 Å². The fourth-order valence-electron chi connectivity index (χ4n) is 1.51. The summed E-state index contributed by atoms with van der Waals surface area (Å²) in [5.41, 5.74) is 0. The third-order valence-electron chi connectivity index (χ3n) is 2.66. The summed E-state index contributed by atoms with van der Waals surface area (Å²) < 4.78 is 5.25. The van der Waals surface area contributed by atoms with E-state index in [4.69, 9.17) is 74.3 Å². The van der Waals surface area contributed by atoms with Crippen LogP contribution in [0.1, 0.15) is 0 Å². The zero-order valence-electron chi connectivity index (χ0n) is 10.5. The molecule has 0 radical (unpaired) electrons. The van der Waals surface area contributed by atoms with E-state index in [9.17, 15) is 20.4 Å². The molecule has 0 spiro atoms. The molecule has 4 N–H and O–H groups in total. The van der Waals surface area contributed by atoms with Gasteiger partial charge in [-0.15, -0.1) is 0 Å². The number of hydrogen-bond donors (Lipinski definition) is 4. The van der Waals surface area contributed by atoms with Crippen molar-refractivity contribution >= 4 is 69.6 Å². The molecule has 0 unspecified atom stereocenters. The molecular formula is C12H4Cl6O5. The maximum absolute atomic E-state index is 9.71. The van der Waals surface area contributed by atoms with Crippen LogP contribution in [0, 0.1) is 0 Å². The highest BCUT2D eigenvalue weighted by atomic mass is 35.5. The zero-order chi connectivity index (χ0) is 17.6. The molecule has 0 aliphatic heterocycles. The zero-order valence-corrected chi connectivity index (χ0v) is 15.0. The number of hydrogen-bond acceptors (Lipinski definition) is 5. The Morgan fingerprint density at radius 1 is 0.435 bits per heavy atom. The van der Waals surface area contributed by atoms with E-state index in [0.717, 1.165) is 0 Å². The van der Waals surface area contributed by atoms with Gasteiger partial charge in [0.05, 0.1) is 0 Å². The Bertz CT molecular complexity index is 697. The van der Waals surface area contributed by atoms with Crippen molar-refractivity contribution in [3.63, 3.8) is 0 Å². The summed E-state index contributed by atoms with van der Waals surface area (Å²) in [5, 5.41) is 36.0. The quantitative estimate of drug-likeness (QED) is 0.445. The van der Waals surface area contributed by atoms with E-state index in [2.05, 4.69) is 0 Å². The summed E-state index contributed by atoms with van der Waals surface area (Å²) in [4.78, 5) is 0. The normalized spacial score (nSPS) is 10.9. The van der Waals surface area contributed by atoms with Gasteiger partial charge in [0.25, 0.3) is 0 Å². The molecule has 11 heteroatoms. The summed E-state index contributed by atoms with van der Waals surface area (Å²) in [6, 6.07) is 0. The van der Waals surface area contributed by atoms with Crippen molar-refractivity contribution < 1.29 is 25.2 Å². The van der Waals surface area contributed by atoms with Gasteiger partial charge in [0, 0.05) is 0 Å². The Morgan fingerprint density at radius 2 is 0.652 bits per heavy atom. The van der Waals surface area contributed by atoms with Crippen LogP contribution in [0.5, 0.6) is 34.5 Å². The van der Waals surface area contributed by atoms with Gasteiger partial charge in [-0.1, -0.05) is 69.6 Å². The standard InChI is InChI=1S/C12H4Cl6O5/c13-1-7(19)3(15)11(4(16)8(1)20)23-12-5(17)9(21)2(14)10(22)6(12)18/h19-22H. The number of phenolic OH excluding ortho intramolecular Hbond substituents is 4. The molecule has 124 valence electrons. The van der Waals surface area contributed by atoms with Gasteiger partial charge in [-0.05, 0) is 0 Å². The van der Waals surface area contributed by atoms with Crippen LogP contribution in [0.15, 0.2) is 0 Å². The molecule has 0 amide bonds. The van der Waals surface area contributed by atoms with Crippen molar-refractivity contribution in [2.75, 3.05) is 0 Å². The lowest BCUT2D eigenvalue weighted by atomic mass is 10.2. The highest BCUT2D eigenvalue weighted by Crippen LogP contribution is 2.56. The molecule has 0 aliphatic rings. The molecule has 0 atom stereocenters. The molecular weight excluding hydrogens is 437 g/mol. The van der Waals surface area contributed by atoms with Gasteiger partial charge in [0.2, 0.25) is 0 Å². The molecule has 0 saturated heterocycles. The van der Waals surface area contributed by atoms with Gasteiger partial charge in [0.15, 0.2) is 34.5 Å². The van der Waals surface area contributed by atoms with E-state index in [-0.39, 0.29) is 0 Å². The first-order chi connectivity index (χ1) is 10.6. The van der Waals surface area contributed by atoms with Crippen molar-refractivity contribution in [3.8, 4) is 34.5 Å². The van der Waals surface area contributed by atoms with E-state index in [1.807, 2.05) is 0 Å². The van der Waals surface area contributed by atoms with E-state index < -0.39 is 64.6 Å². The first-order valence-electron chi connectivity index (χ1n) is 5.44. The average molecular weight is 441 g/mol. The maximum atomic E-state index is 9.71. The monoisotopic (exact) mass is 438 g/mol. The SMILES string of the molecule is Oc1c(Cl)c(O)c(Cl)c(Oc2c(Cl)c(O)c(Cl)c(O)c2Cl)c1Cl. The molecule has 2 aromatic rings. The lowest BCUT2D eigenvalue weighted by Gasteiger charge is -2.16. The average Bonchev–Trinajstić information content (AvgIpc) is 2.54. The number of ether oxygens (including phenoxy) is 1. The second-order valence-corrected chi connectivity index (χ2v) is 6.31. The van der Waals surface area contributed by atoms with Crippen LogP contribution >= 0.6 is 69.6 Å². The molecule has 0 aliphatic carbocycles. The summed E-state index contributed by atoms with van der Waals surface area (Å²) in [6.07, 6.45) is 0. The summed E-state index contributed by atoms with van der Waals surface area (Å²) >= 11 is 34.6. The fraction of sp³-hybridized carbons (Fsp3) is 0. The number of rotatable bonds is 2. The molecule has 5 nitrogen and oxygen atoms in total. The summed E-state index contributed by atoms with van der Waals surface area (Å²) in [5.74, 6) is -3.75. The van der Waals surface area contributed by atoms with E-state index in [1.165, 1.54) is 0 Å². The van der Waals surface area contributed by atoms with E-state index in [1.54, 1.807) is 0 Å². The first-order valence-corrected chi connectivity index (χ1v) is 7.70. The Labute approximate surface area is 159 Å². The second-order valence-electron chi connectivity index (χ2n) is 4.04. The highest BCUT2D eigenvalue weighted by molar-refractivity contribution is 6.45. The van der Waals surface area contributed by atoms with Crippen LogP contribution in [0.2, 0.25) is 30.1 Å². The van der Waals surface area contributed by atoms with Gasteiger partial charge in [-0.2, -0.15) is 0 Å². The largest absolute Gasteiger partial charge is 0.505 e. The fourth-order valence-corrected chi connectivity index (χ4v) is 3.09. The molecule has 2 rings (SSSR count). The molecule has 0 aromatic heterocycles. The molecule has 23 heavy (non-hydrogen) atoms. The maximum Gasteiger partial charge on any atom is 0.172 e. The Kier molecular flexibility index (Phi) is 5.31. The van der Waals surface area contributed by atoms with Crippen molar-refractivity contribution in [1.29, 1.82) is 0 Å². The van der Waals surface area contributed by atoms with Crippen LogP contribution in [-0.2, 0) is 0 Å². The predicted molar refractivity (Wildman–Crippen MR) is 89.7 cm³/mol. The van der Waals surface area contributed by atoms with Crippen LogP contribution in [0.3, 0.4) is 0 Å². The van der Waals surface area contributed by atoms with Crippen LogP contribution in [0.25, 0.3) is 0 Å². The number of benzene rings is 2. The Hall–Kier alpha value is -0.820. The smallest absolute Gasteiger partial charge is 0.172 e. The Morgan fingerprint density at radius 3 is 0.870 bits per heavy atom. The minimum atomic E-state index is -0.708. The van der Waals surface area contributed by atoms with Crippen molar-refractivity contribution in [1.82, 2.24) is 0 Å². The third kappa shape index (κ3) is 2.97. The molecule has 0 bridgehead atoms. The number of aromatic hydroxyl groups is 4. The Balaban J connectivity index is 2.71. The van der Waals surface area contributed by atoms with Crippen LogP contribution in [0.4, 0.5) is 0 Å². The van der Waals surface area contributed by atoms with Gasteiger partial charge in [-0.25, -0.2) is 0 Å². The number of phenols is 4. The van der Waals surface area contributed by atoms with Crippen molar-refractivity contribution in [3.05, 3.63) is 30.1 Å². The van der Waals surface area contributed by atoms with Crippen molar-refractivity contribution in [2.24, 2.45) is 0 Å². The molecule has 0 heterocycles. The lowest BCUT2D eigenvalue weighted by molar-refractivity contribution is 0.422.